The number of nitrogens with one attached hydrogen (secondary N) is 3. The van der Waals surface area contributed by atoms with Crippen LogP contribution in [0.3, 0.4) is 0 Å². The summed E-state index contributed by atoms with van der Waals surface area (Å²) < 4.78 is 46.4. The number of anilines is 1. The number of nitrogen functional groups attached to an aromatic ring is 1. The lowest BCUT2D eigenvalue weighted by Gasteiger charge is -2.15. The van der Waals surface area contributed by atoms with E-state index >= 15 is 0 Å². The monoisotopic (exact) mass is 447 g/mol. The van der Waals surface area contributed by atoms with Gasteiger partial charge in [-0.2, -0.15) is 13.6 Å². The van der Waals surface area contributed by atoms with Crippen molar-refractivity contribution in [1.29, 1.82) is 0 Å². The molecule has 2 atom stereocenters. The van der Waals surface area contributed by atoms with E-state index in [1.807, 2.05) is 0 Å². The van der Waals surface area contributed by atoms with Gasteiger partial charge in [0, 0.05) is 24.3 Å². The van der Waals surface area contributed by atoms with E-state index in [-0.39, 0.29) is 27.2 Å². The van der Waals surface area contributed by atoms with E-state index in [0.29, 0.717) is 23.5 Å². The first kappa shape index (κ1) is 19.0. The molecule has 0 amide bonds. The van der Waals surface area contributed by atoms with Gasteiger partial charge in [-0.05, 0) is 41.9 Å². The van der Waals surface area contributed by atoms with Crippen molar-refractivity contribution < 1.29 is 12.6 Å². The van der Waals surface area contributed by atoms with Crippen molar-refractivity contribution in [1.82, 2.24) is 35.6 Å². The molecule has 156 valence electrons. The third kappa shape index (κ3) is 3.04. The number of aromatic amines is 1. The van der Waals surface area contributed by atoms with Crippen LogP contribution in [0, 0.1) is 0 Å². The van der Waals surface area contributed by atoms with Crippen LogP contribution >= 0.6 is 0 Å². The second kappa shape index (κ2) is 6.80. The van der Waals surface area contributed by atoms with E-state index in [9.17, 15) is 12.6 Å². The fourth-order valence-electron chi connectivity index (χ4n) is 3.61. The standard InChI is InChI=1S/C16H17N9O3S2/c17-13-4-1-9(7-19-13)11-2-3-12-15(14(11)16-20-23-24-21-16)30(27,28)25-29(12,26)22-10-5-6-18-8-10/h1-4,7,10,18H,5-6,8H2,(H2,17,19)(H,22,25,26)(H,20,21,23,24)/t10-,29?/m1/s1. The zero-order valence-electron chi connectivity index (χ0n) is 15.4. The van der Waals surface area contributed by atoms with Gasteiger partial charge in [-0.15, -0.1) is 10.2 Å². The molecule has 3 aromatic rings. The number of tetrazole rings is 1. The number of nitrogens with zero attached hydrogens (tertiary/aromatic N) is 5. The first-order chi connectivity index (χ1) is 14.4. The van der Waals surface area contributed by atoms with Crippen LogP contribution in [-0.4, -0.2) is 57.4 Å². The zero-order valence-corrected chi connectivity index (χ0v) is 17.1. The highest BCUT2D eigenvalue weighted by atomic mass is 32.3. The summed E-state index contributed by atoms with van der Waals surface area (Å²) >= 11 is 0. The Morgan fingerprint density at radius 2 is 2.03 bits per heavy atom. The summed E-state index contributed by atoms with van der Waals surface area (Å²) in [6.45, 7) is 1.33. The maximum atomic E-state index is 13.6. The number of hydrogen-bond donors (Lipinski definition) is 4. The molecule has 4 heterocycles. The Labute approximate surface area is 172 Å². The third-order valence-electron chi connectivity index (χ3n) is 4.93. The number of fused-ring (bicyclic) bond motifs is 1. The van der Waals surface area contributed by atoms with E-state index < -0.39 is 19.9 Å². The topological polar surface area (TPSA) is 181 Å². The van der Waals surface area contributed by atoms with Crippen molar-refractivity contribution in [3.63, 3.8) is 0 Å². The van der Waals surface area contributed by atoms with Gasteiger partial charge in [0.05, 0.1) is 10.5 Å². The molecule has 1 aromatic carbocycles. The predicted octanol–water partition coefficient (Wildman–Crippen LogP) is -0.0934. The van der Waals surface area contributed by atoms with E-state index in [0.717, 1.165) is 13.0 Å². The molecule has 5 rings (SSSR count). The average molecular weight is 448 g/mol. The summed E-state index contributed by atoms with van der Waals surface area (Å²) in [7, 11) is -7.65. The quantitative estimate of drug-likeness (QED) is 0.425. The van der Waals surface area contributed by atoms with E-state index in [2.05, 4.69) is 39.4 Å². The van der Waals surface area contributed by atoms with Crippen LogP contribution in [0.5, 0.6) is 0 Å². The van der Waals surface area contributed by atoms with Crippen LogP contribution < -0.4 is 15.8 Å². The number of nitrogens with two attached hydrogens (primary N) is 1. The molecule has 2 aliphatic rings. The first-order valence-electron chi connectivity index (χ1n) is 9.01. The molecule has 14 heteroatoms. The molecule has 0 bridgehead atoms. The number of rotatable bonds is 4. The lowest BCUT2D eigenvalue weighted by atomic mass is 10.0. The molecule has 0 spiro atoms. The summed E-state index contributed by atoms with van der Waals surface area (Å²) in [5.41, 5.74) is 6.90. The number of sulfonamides is 1. The number of H-pyrrole nitrogens is 1. The SMILES string of the molecule is Nc1ccc(-c2ccc3c(c2-c2nn[nH]n2)S(=O)(=O)N=S3(=O)N[C@@H]2CCNC2)cn1. The summed E-state index contributed by atoms with van der Waals surface area (Å²) in [5.74, 6) is 0.365. The number of pyridine rings is 1. The van der Waals surface area contributed by atoms with Gasteiger partial charge < -0.3 is 11.1 Å². The van der Waals surface area contributed by atoms with Crippen LogP contribution in [-0.2, 0) is 19.9 Å². The van der Waals surface area contributed by atoms with Crippen molar-refractivity contribution in [2.45, 2.75) is 22.3 Å². The minimum Gasteiger partial charge on any atom is -0.384 e. The predicted molar refractivity (Wildman–Crippen MR) is 108 cm³/mol. The molecule has 12 nitrogen and oxygen atoms in total. The van der Waals surface area contributed by atoms with Crippen molar-refractivity contribution >= 4 is 25.8 Å². The van der Waals surface area contributed by atoms with Gasteiger partial charge in [0.2, 0.25) is 5.82 Å². The fraction of sp³-hybridized carbons (Fsp3) is 0.250. The smallest absolute Gasteiger partial charge is 0.293 e. The lowest BCUT2D eigenvalue weighted by molar-refractivity contribution is 0.598. The highest BCUT2D eigenvalue weighted by Gasteiger charge is 2.40. The Hall–Kier alpha value is -2.94. The molecule has 2 aromatic heterocycles. The second-order valence-corrected chi connectivity index (χ2v) is 10.6. The van der Waals surface area contributed by atoms with Crippen LogP contribution in [0.4, 0.5) is 5.82 Å². The molecule has 2 aliphatic heterocycles. The largest absolute Gasteiger partial charge is 0.384 e. The minimum absolute atomic E-state index is 0.0450. The maximum Gasteiger partial charge on any atom is 0.293 e. The summed E-state index contributed by atoms with van der Waals surface area (Å²) in [4.78, 5) is 3.96. The summed E-state index contributed by atoms with van der Waals surface area (Å²) in [6, 6.07) is 6.31. The van der Waals surface area contributed by atoms with E-state index in [1.165, 1.54) is 12.3 Å². The molecular weight excluding hydrogens is 430 g/mol. The van der Waals surface area contributed by atoms with Crippen molar-refractivity contribution in [3.8, 4) is 22.5 Å². The Morgan fingerprint density at radius 1 is 1.17 bits per heavy atom. The van der Waals surface area contributed by atoms with E-state index in [1.54, 1.807) is 18.2 Å². The van der Waals surface area contributed by atoms with Gasteiger partial charge in [-0.1, -0.05) is 9.83 Å². The third-order valence-corrected chi connectivity index (χ3v) is 9.22. The Kier molecular flexibility index (Phi) is 4.32. The molecule has 1 unspecified atom stereocenters. The molecule has 0 radical (unpaired) electrons. The molecule has 1 saturated heterocycles. The summed E-state index contributed by atoms with van der Waals surface area (Å²) in [5, 5.41) is 16.9. The highest BCUT2D eigenvalue weighted by molar-refractivity contribution is 8.05. The van der Waals surface area contributed by atoms with Crippen LogP contribution in [0.25, 0.3) is 22.5 Å². The second-order valence-electron chi connectivity index (χ2n) is 6.91. The number of aromatic nitrogens is 5. The molecule has 0 saturated carbocycles. The Balaban J connectivity index is 1.76. The van der Waals surface area contributed by atoms with Crippen molar-refractivity contribution in [3.05, 3.63) is 30.5 Å². The minimum atomic E-state index is -4.25. The molecule has 1 fully saturated rings. The van der Waals surface area contributed by atoms with Gasteiger partial charge in [-0.3, -0.25) is 0 Å². The summed E-state index contributed by atoms with van der Waals surface area (Å²) in [6.07, 6.45) is 2.23. The molecule has 5 N–H and O–H groups in total. The van der Waals surface area contributed by atoms with Crippen molar-refractivity contribution in [2.75, 3.05) is 18.8 Å². The van der Waals surface area contributed by atoms with Crippen LogP contribution in [0.1, 0.15) is 6.42 Å². The molecular formula is C16H17N9O3S2. The van der Waals surface area contributed by atoms with Gasteiger partial charge in [0.25, 0.3) is 10.0 Å². The Morgan fingerprint density at radius 3 is 2.70 bits per heavy atom. The fourth-order valence-corrected chi connectivity index (χ4v) is 8.33. The van der Waals surface area contributed by atoms with E-state index in [4.69, 9.17) is 5.73 Å². The van der Waals surface area contributed by atoms with Gasteiger partial charge >= 0.3 is 0 Å². The van der Waals surface area contributed by atoms with Crippen LogP contribution in [0.15, 0.2) is 44.0 Å². The zero-order chi connectivity index (χ0) is 20.9. The van der Waals surface area contributed by atoms with Crippen LogP contribution in [0.2, 0.25) is 0 Å². The Bertz CT molecular complexity index is 1340. The van der Waals surface area contributed by atoms with Gasteiger partial charge in [0.15, 0.2) is 9.92 Å². The molecule has 0 aliphatic carbocycles. The van der Waals surface area contributed by atoms with Gasteiger partial charge in [-0.25, -0.2) is 13.9 Å². The maximum absolute atomic E-state index is 13.6. The van der Waals surface area contributed by atoms with Crippen molar-refractivity contribution in [2.24, 2.45) is 3.77 Å². The lowest BCUT2D eigenvalue weighted by Crippen LogP contribution is -2.35. The highest BCUT2D eigenvalue weighted by Crippen LogP contribution is 2.43. The number of benzene rings is 1. The molecule has 30 heavy (non-hydrogen) atoms. The number of hydrogen-bond acceptors (Lipinski definition) is 9. The average Bonchev–Trinajstić information content (AvgIpc) is 3.44. The van der Waals surface area contributed by atoms with Gasteiger partial charge in [0.1, 0.15) is 10.7 Å². The first-order valence-corrected chi connectivity index (χ1v) is 12.0. The normalized spacial score (nSPS) is 24.5.